The SMILES string of the molecule is CC(C)NC(CO)(CN1CCC(C(C)C)CC1)C1CC1. The molecule has 1 saturated heterocycles. The van der Waals surface area contributed by atoms with Crippen LogP contribution < -0.4 is 5.32 Å². The van der Waals surface area contributed by atoms with Crippen LogP contribution in [0, 0.1) is 17.8 Å². The van der Waals surface area contributed by atoms with E-state index in [9.17, 15) is 5.11 Å². The van der Waals surface area contributed by atoms with Gasteiger partial charge in [0, 0.05) is 12.6 Å². The first-order chi connectivity index (χ1) is 9.47. The van der Waals surface area contributed by atoms with Gasteiger partial charge >= 0.3 is 0 Å². The van der Waals surface area contributed by atoms with Crippen molar-refractivity contribution in [1.29, 1.82) is 0 Å². The zero-order valence-electron chi connectivity index (χ0n) is 13.9. The lowest BCUT2D eigenvalue weighted by atomic mass is 9.85. The lowest BCUT2D eigenvalue weighted by molar-refractivity contribution is 0.0618. The fourth-order valence-electron chi connectivity index (χ4n) is 3.90. The Bertz CT molecular complexity index is 293. The number of rotatable bonds is 7. The van der Waals surface area contributed by atoms with Gasteiger partial charge in [0.25, 0.3) is 0 Å². The Labute approximate surface area is 125 Å². The molecule has 3 nitrogen and oxygen atoms in total. The first-order valence-electron chi connectivity index (χ1n) is 8.58. The third kappa shape index (κ3) is 3.96. The Hall–Kier alpha value is -0.120. The molecule has 118 valence electrons. The van der Waals surface area contributed by atoms with Crippen LogP contribution in [-0.4, -0.2) is 47.8 Å². The lowest BCUT2D eigenvalue weighted by Crippen LogP contribution is -2.60. The Kier molecular flexibility index (Phi) is 5.49. The summed E-state index contributed by atoms with van der Waals surface area (Å²) in [6.07, 6.45) is 5.21. The number of nitrogens with zero attached hydrogens (tertiary/aromatic N) is 1. The summed E-state index contributed by atoms with van der Waals surface area (Å²) in [7, 11) is 0. The maximum atomic E-state index is 10.0. The Morgan fingerprint density at radius 1 is 1.10 bits per heavy atom. The number of piperidine rings is 1. The van der Waals surface area contributed by atoms with E-state index >= 15 is 0 Å². The summed E-state index contributed by atoms with van der Waals surface area (Å²) in [5.74, 6) is 2.39. The summed E-state index contributed by atoms with van der Waals surface area (Å²) in [5.41, 5.74) is -0.0567. The molecule has 2 fully saturated rings. The average Bonchev–Trinajstić information content (AvgIpc) is 3.22. The monoisotopic (exact) mass is 282 g/mol. The van der Waals surface area contributed by atoms with E-state index in [1.54, 1.807) is 0 Å². The fraction of sp³-hybridized carbons (Fsp3) is 1.00. The molecule has 0 aromatic heterocycles. The number of hydrogen-bond donors (Lipinski definition) is 2. The van der Waals surface area contributed by atoms with E-state index in [4.69, 9.17) is 0 Å². The van der Waals surface area contributed by atoms with Crippen LogP contribution in [0.15, 0.2) is 0 Å². The maximum absolute atomic E-state index is 10.0. The normalized spacial score (nSPS) is 25.4. The number of hydrogen-bond acceptors (Lipinski definition) is 3. The second-order valence-electron chi connectivity index (χ2n) is 7.75. The molecule has 0 radical (unpaired) electrons. The minimum absolute atomic E-state index is 0.0567. The van der Waals surface area contributed by atoms with Crippen LogP contribution in [0.1, 0.15) is 53.4 Å². The van der Waals surface area contributed by atoms with E-state index in [1.807, 2.05) is 0 Å². The molecule has 1 atom stereocenters. The molecule has 3 heteroatoms. The summed E-state index contributed by atoms with van der Waals surface area (Å²) >= 11 is 0. The van der Waals surface area contributed by atoms with Crippen LogP contribution in [-0.2, 0) is 0 Å². The molecule has 20 heavy (non-hydrogen) atoms. The third-order valence-electron chi connectivity index (χ3n) is 5.30. The molecule has 2 N–H and O–H groups in total. The molecule has 0 spiro atoms. The van der Waals surface area contributed by atoms with E-state index in [-0.39, 0.29) is 12.1 Å². The van der Waals surface area contributed by atoms with Gasteiger partial charge in [-0.25, -0.2) is 0 Å². The lowest BCUT2D eigenvalue weighted by Gasteiger charge is -2.42. The summed E-state index contributed by atoms with van der Waals surface area (Å²) in [6, 6.07) is 0.441. The quantitative estimate of drug-likeness (QED) is 0.753. The molecule has 0 amide bonds. The second-order valence-corrected chi connectivity index (χ2v) is 7.75. The van der Waals surface area contributed by atoms with Crippen molar-refractivity contribution in [1.82, 2.24) is 10.2 Å². The Morgan fingerprint density at radius 2 is 1.70 bits per heavy atom. The van der Waals surface area contributed by atoms with Gasteiger partial charge in [-0.1, -0.05) is 27.7 Å². The van der Waals surface area contributed by atoms with Crippen molar-refractivity contribution in [2.45, 2.75) is 65.0 Å². The first-order valence-corrected chi connectivity index (χ1v) is 8.58. The van der Waals surface area contributed by atoms with Gasteiger partial charge < -0.3 is 15.3 Å². The average molecular weight is 282 g/mol. The molecule has 0 bridgehead atoms. The van der Waals surface area contributed by atoms with E-state index in [0.29, 0.717) is 12.0 Å². The van der Waals surface area contributed by atoms with Crippen LogP contribution >= 0.6 is 0 Å². The number of likely N-dealkylation sites (tertiary alicyclic amines) is 1. The van der Waals surface area contributed by atoms with Gasteiger partial charge in [-0.05, 0) is 56.5 Å². The molecular formula is C17H34N2O. The highest BCUT2D eigenvalue weighted by Gasteiger charge is 2.46. The number of aliphatic hydroxyl groups excluding tert-OH is 1. The van der Waals surface area contributed by atoms with Gasteiger partial charge in [-0.15, -0.1) is 0 Å². The minimum atomic E-state index is -0.0567. The largest absolute Gasteiger partial charge is 0.394 e. The van der Waals surface area contributed by atoms with Gasteiger partial charge in [-0.3, -0.25) is 0 Å². The molecule has 0 aromatic rings. The van der Waals surface area contributed by atoms with Gasteiger partial charge in [-0.2, -0.15) is 0 Å². The molecule has 1 heterocycles. The highest BCUT2D eigenvalue weighted by Crippen LogP contribution is 2.41. The number of aliphatic hydroxyl groups is 1. The summed E-state index contributed by atoms with van der Waals surface area (Å²) in [5, 5.41) is 13.7. The van der Waals surface area contributed by atoms with E-state index in [1.165, 1.54) is 38.8 Å². The molecule has 2 rings (SSSR count). The zero-order chi connectivity index (χ0) is 14.8. The van der Waals surface area contributed by atoms with Crippen LogP contribution in [0.25, 0.3) is 0 Å². The summed E-state index contributed by atoms with van der Waals surface area (Å²) < 4.78 is 0. The van der Waals surface area contributed by atoms with Crippen molar-refractivity contribution in [2.75, 3.05) is 26.2 Å². The van der Waals surface area contributed by atoms with Crippen molar-refractivity contribution < 1.29 is 5.11 Å². The minimum Gasteiger partial charge on any atom is -0.394 e. The summed E-state index contributed by atoms with van der Waals surface area (Å²) in [6.45, 7) is 12.8. The summed E-state index contributed by atoms with van der Waals surface area (Å²) in [4.78, 5) is 2.59. The molecule has 1 unspecified atom stereocenters. The van der Waals surface area contributed by atoms with Crippen molar-refractivity contribution in [3.05, 3.63) is 0 Å². The van der Waals surface area contributed by atoms with Crippen molar-refractivity contribution in [3.63, 3.8) is 0 Å². The Morgan fingerprint density at radius 3 is 2.10 bits per heavy atom. The second kappa shape index (κ2) is 6.76. The van der Waals surface area contributed by atoms with Gasteiger partial charge in [0.05, 0.1) is 12.1 Å². The molecule has 2 aliphatic rings. The van der Waals surface area contributed by atoms with Crippen LogP contribution in [0.3, 0.4) is 0 Å². The van der Waals surface area contributed by atoms with Crippen molar-refractivity contribution in [3.8, 4) is 0 Å². The topological polar surface area (TPSA) is 35.5 Å². The first kappa shape index (κ1) is 16.3. The van der Waals surface area contributed by atoms with Crippen LogP contribution in [0.4, 0.5) is 0 Å². The van der Waals surface area contributed by atoms with E-state index < -0.39 is 0 Å². The fourth-order valence-corrected chi connectivity index (χ4v) is 3.90. The molecule has 0 aromatic carbocycles. The standard InChI is InChI=1S/C17H34N2O/c1-13(2)15-7-9-19(10-8-15)11-17(12-20,16-5-6-16)18-14(3)4/h13-16,18,20H,5-12H2,1-4H3. The smallest absolute Gasteiger partial charge is 0.0628 e. The molecule has 1 saturated carbocycles. The predicted molar refractivity (Wildman–Crippen MR) is 84.8 cm³/mol. The Balaban J connectivity index is 1.92. The zero-order valence-corrected chi connectivity index (χ0v) is 13.9. The molecule has 1 aliphatic heterocycles. The predicted octanol–water partition coefficient (Wildman–Crippen LogP) is 2.49. The van der Waals surface area contributed by atoms with Crippen molar-refractivity contribution >= 4 is 0 Å². The molecular weight excluding hydrogens is 248 g/mol. The highest BCUT2D eigenvalue weighted by molar-refractivity contribution is 5.03. The highest BCUT2D eigenvalue weighted by atomic mass is 16.3. The molecule has 1 aliphatic carbocycles. The maximum Gasteiger partial charge on any atom is 0.0628 e. The van der Waals surface area contributed by atoms with Gasteiger partial charge in [0.1, 0.15) is 0 Å². The van der Waals surface area contributed by atoms with E-state index in [0.717, 1.165) is 18.4 Å². The van der Waals surface area contributed by atoms with Gasteiger partial charge in [0.15, 0.2) is 0 Å². The third-order valence-corrected chi connectivity index (χ3v) is 5.30. The number of nitrogens with one attached hydrogen (secondary N) is 1. The van der Waals surface area contributed by atoms with Crippen molar-refractivity contribution in [2.24, 2.45) is 17.8 Å². The van der Waals surface area contributed by atoms with Gasteiger partial charge in [0.2, 0.25) is 0 Å². The van der Waals surface area contributed by atoms with Crippen LogP contribution in [0.5, 0.6) is 0 Å². The van der Waals surface area contributed by atoms with Crippen LogP contribution in [0.2, 0.25) is 0 Å². The van der Waals surface area contributed by atoms with E-state index in [2.05, 4.69) is 37.9 Å².